The molecule has 0 N–H and O–H groups in total. The van der Waals surface area contributed by atoms with Gasteiger partial charge in [0.05, 0.1) is 0 Å². The summed E-state index contributed by atoms with van der Waals surface area (Å²) < 4.78 is 0. The van der Waals surface area contributed by atoms with Gasteiger partial charge in [0.2, 0.25) is 0 Å². The predicted molar refractivity (Wildman–Crippen MR) is 183 cm³/mol. The summed E-state index contributed by atoms with van der Waals surface area (Å²) in [5.74, 6) is 0. The first-order valence-corrected chi connectivity index (χ1v) is 18.8. The fourth-order valence-electron chi connectivity index (χ4n) is 5.15. The van der Waals surface area contributed by atoms with Crippen LogP contribution in [0.15, 0.2) is 182 Å². The van der Waals surface area contributed by atoms with Crippen molar-refractivity contribution in [2.75, 3.05) is 0 Å². The van der Waals surface area contributed by atoms with Gasteiger partial charge in [0, 0.05) is 0 Å². The average molecular weight is 569 g/mol. The minimum Gasteiger partial charge on any atom is -0.0622 e. The van der Waals surface area contributed by atoms with Gasteiger partial charge in [-0.1, -0.05) is 182 Å². The Balaban J connectivity index is 1.79. The van der Waals surface area contributed by atoms with Gasteiger partial charge in [-0.2, -0.15) is 0 Å². The van der Waals surface area contributed by atoms with E-state index in [1.54, 1.807) is 0 Å². The summed E-state index contributed by atoms with van der Waals surface area (Å²) in [7, 11) is -1.55. The summed E-state index contributed by atoms with van der Waals surface area (Å²) in [6, 6.07) is 67.4. The molecule has 0 heterocycles. The Hall–Kier alpha value is -3.52. The van der Waals surface area contributed by atoms with Crippen molar-refractivity contribution in [1.29, 1.82) is 0 Å². The van der Waals surface area contributed by atoms with E-state index in [-0.39, 0.29) is 0 Å². The van der Waals surface area contributed by atoms with Gasteiger partial charge in [-0.3, -0.25) is 0 Å². The molecule has 0 radical (unpaired) electrons. The number of benzene rings is 6. The van der Waals surface area contributed by atoms with Crippen LogP contribution in [0.2, 0.25) is 0 Å². The molecular weight excluding hydrogens is 537 g/mol. The summed E-state index contributed by atoms with van der Waals surface area (Å²) in [4.78, 5) is 0. The molecule has 0 atom stereocenters. The number of hydrogen-bond donors (Lipinski definition) is 0. The second-order valence-electron chi connectivity index (χ2n) is 9.50. The van der Waals surface area contributed by atoms with E-state index < -0.39 is 22.1 Å². The van der Waals surface area contributed by atoms with Crippen LogP contribution in [0.25, 0.3) is 0 Å². The molecule has 194 valence electrons. The summed E-state index contributed by atoms with van der Waals surface area (Å²) in [6.45, 7) is -2.17. The molecular formula is C37H31P3. The molecule has 0 bridgehead atoms. The zero-order valence-electron chi connectivity index (χ0n) is 22.2. The van der Waals surface area contributed by atoms with Crippen LogP contribution in [0.3, 0.4) is 0 Å². The standard InChI is InChI=1S/C37H31P3/c1-7-19-32(20-8-1)38(33-21-9-2-10-22-33)31-40(36-27-15-5-16-28-36,37-29-17-6-18-30-37)39(34-23-11-3-12-24-34)35-25-13-4-14-26-35/h1-31H. The van der Waals surface area contributed by atoms with E-state index in [1.807, 2.05) is 0 Å². The zero-order chi connectivity index (χ0) is 27.0. The SMILES string of the molecule is C(P(c1ccccc1)c1ccccc1)=P(c1ccccc1)(c1ccccc1)P(c1ccccc1)c1ccccc1. The molecule has 6 rings (SSSR count). The summed E-state index contributed by atoms with van der Waals surface area (Å²) >= 11 is 0. The maximum absolute atomic E-state index is 2.82. The Morgan fingerprint density at radius 2 is 0.600 bits per heavy atom. The van der Waals surface area contributed by atoms with Gasteiger partial charge in [0.25, 0.3) is 0 Å². The van der Waals surface area contributed by atoms with Gasteiger partial charge in [0.15, 0.2) is 0 Å². The van der Waals surface area contributed by atoms with Gasteiger partial charge >= 0.3 is 0 Å². The number of hydrogen-bond acceptors (Lipinski definition) is 0. The lowest BCUT2D eigenvalue weighted by Crippen LogP contribution is -2.25. The summed E-state index contributed by atoms with van der Waals surface area (Å²) in [5.41, 5.74) is 2.82. The topological polar surface area (TPSA) is 0 Å². The molecule has 40 heavy (non-hydrogen) atoms. The lowest BCUT2D eigenvalue weighted by molar-refractivity contribution is 1.75. The molecule has 0 aromatic heterocycles. The smallest absolute Gasteiger partial charge is 0.0110 e. The lowest BCUT2D eigenvalue weighted by atomic mass is 10.4. The highest BCUT2D eigenvalue weighted by atomic mass is 32.1. The molecule has 0 saturated heterocycles. The monoisotopic (exact) mass is 568 g/mol. The first-order chi connectivity index (χ1) is 19.9. The van der Waals surface area contributed by atoms with E-state index in [1.165, 1.54) is 31.8 Å². The minimum absolute atomic E-state index is 0.759. The Kier molecular flexibility index (Phi) is 8.52. The van der Waals surface area contributed by atoms with Crippen LogP contribution in [0.5, 0.6) is 0 Å². The van der Waals surface area contributed by atoms with Crippen LogP contribution >= 0.6 is 22.1 Å². The van der Waals surface area contributed by atoms with Crippen molar-refractivity contribution in [2.45, 2.75) is 0 Å². The van der Waals surface area contributed by atoms with E-state index in [0.717, 1.165) is 0 Å². The van der Waals surface area contributed by atoms with Crippen molar-refractivity contribution in [3.63, 3.8) is 0 Å². The van der Waals surface area contributed by atoms with Gasteiger partial charge in [-0.05, 0) is 59.5 Å². The van der Waals surface area contributed by atoms with Crippen LogP contribution in [-0.4, -0.2) is 5.54 Å². The van der Waals surface area contributed by atoms with E-state index in [4.69, 9.17) is 0 Å². The highest BCUT2D eigenvalue weighted by Crippen LogP contribution is 2.74. The first kappa shape index (κ1) is 26.7. The van der Waals surface area contributed by atoms with Gasteiger partial charge < -0.3 is 0 Å². The minimum atomic E-state index is -2.17. The third-order valence-corrected chi connectivity index (χ3v) is 20.9. The summed E-state index contributed by atoms with van der Waals surface area (Å²) in [5, 5.41) is 8.46. The molecule has 6 aromatic rings. The predicted octanol–water partition coefficient (Wildman–Crippen LogP) is 7.60. The molecule has 0 aliphatic heterocycles. The van der Waals surface area contributed by atoms with Crippen molar-refractivity contribution < 1.29 is 0 Å². The second-order valence-corrected chi connectivity index (χ2v) is 19.3. The first-order valence-electron chi connectivity index (χ1n) is 13.5. The molecule has 0 unspecified atom stereocenters. The third-order valence-electron chi connectivity index (χ3n) is 6.97. The van der Waals surface area contributed by atoms with E-state index >= 15 is 0 Å². The van der Waals surface area contributed by atoms with Gasteiger partial charge in [-0.25, -0.2) is 0 Å². The van der Waals surface area contributed by atoms with Crippen LogP contribution in [0.4, 0.5) is 0 Å². The number of rotatable bonds is 8. The third kappa shape index (κ3) is 5.55. The highest BCUT2D eigenvalue weighted by Gasteiger charge is 2.36. The molecule has 0 fully saturated rings. The van der Waals surface area contributed by atoms with Gasteiger partial charge in [-0.15, -0.1) is 0 Å². The lowest BCUT2D eigenvalue weighted by Gasteiger charge is -2.38. The largest absolute Gasteiger partial charge is 0.0622 e. The molecule has 0 spiro atoms. The maximum atomic E-state index is 2.82. The van der Waals surface area contributed by atoms with E-state index in [0.29, 0.717) is 0 Å². The van der Waals surface area contributed by atoms with Crippen LogP contribution in [-0.2, 0) is 0 Å². The molecule has 0 nitrogen and oxygen atoms in total. The average Bonchev–Trinajstić information content (AvgIpc) is 3.05. The van der Waals surface area contributed by atoms with Gasteiger partial charge in [0.1, 0.15) is 0 Å². The molecule has 6 aromatic carbocycles. The fraction of sp³-hybridized carbons (Fsp3) is 0. The Labute approximate surface area is 240 Å². The zero-order valence-corrected chi connectivity index (χ0v) is 24.9. The maximum Gasteiger partial charge on any atom is -0.0110 e. The van der Waals surface area contributed by atoms with E-state index in [2.05, 4.69) is 188 Å². The molecule has 0 amide bonds. The molecule has 0 saturated carbocycles. The van der Waals surface area contributed by atoms with Crippen molar-refractivity contribution in [3.05, 3.63) is 182 Å². The summed E-state index contributed by atoms with van der Waals surface area (Å²) in [6.07, 6.45) is 0. The normalized spacial score (nSPS) is 11.4. The molecule has 0 aliphatic rings. The van der Waals surface area contributed by atoms with Crippen LogP contribution in [0, 0.1) is 0 Å². The molecule has 0 aliphatic carbocycles. The Morgan fingerprint density at radius 1 is 0.325 bits per heavy atom. The second kappa shape index (κ2) is 12.8. The fourth-order valence-corrected chi connectivity index (χ4v) is 21.3. The van der Waals surface area contributed by atoms with Crippen LogP contribution in [0.1, 0.15) is 0 Å². The Bertz CT molecular complexity index is 1550. The van der Waals surface area contributed by atoms with Crippen molar-refractivity contribution in [2.24, 2.45) is 0 Å². The van der Waals surface area contributed by atoms with Crippen LogP contribution < -0.4 is 31.8 Å². The molecule has 3 heteroatoms. The Morgan fingerprint density at radius 3 is 0.925 bits per heavy atom. The highest BCUT2D eigenvalue weighted by molar-refractivity contribution is 8.50. The quantitative estimate of drug-likeness (QED) is 0.166. The van der Waals surface area contributed by atoms with E-state index in [9.17, 15) is 0 Å². The van der Waals surface area contributed by atoms with Crippen molar-refractivity contribution in [3.8, 4) is 0 Å². The van der Waals surface area contributed by atoms with Crippen molar-refractivity contribution in [1.82, 2.24) is 0 Å². The van der Waals surface area contributed by atoms with Crippen molar-refractivity contribution >= 4 is 59.5 Å².